The maximum absolute atomic E-state index is 5.29. The van der Waals surface area contributed by atoms with Gasteiger partial charge in [-0.3, -0.25) is 10.4 Å². The summed E-state index contributed by atoms with van der Waals surface area (Å²) in [6.07, 6.45) is 3.57. The number of aryl methyl sites for hydroxylation is 1. The second kappa shape index (κ2) is 3.73. The molecule has 2 rings (SSSR count). The fourth-order valence-electron chi connectivity index (χ4n) is 1.22. The predicted molar refractivity (Wildman–Crippen MR) is 57.9 cm³/mol. The maximum Gasteiger partial charge on any atom is 0.197 e. The molecule has 0 spiro atoms. The summed E-state index contributed by atoms with van der Waals surface area (Å²) in [5.74, 6) is 5.29. The quantitative estimate of drug-likeness (QED) is 0.581. The molecule has 2 heterocycles. The number of nitrogen functional groups attached to an aromatic ring is 1. The second-order valence-electron chi connectivity index (χ2n) is 2.82. The molecule has 2 aromatic heterocycles. The molecule has 0 saturated heterocycles. The molecule has 4 nitrogen and oxygen atoms in total. The van der Waals surface area contributed by atoms with Crippen LogP contribution < -0.4 is 11.3 Å². The van der Waals surface area contributed by atoms with Crippen molar-refractivity contribution in [2.24, 2.45) is 5.84 Å². The van der Waals surface area contributed by atoms with Crippen LogP contribution in [0.3, 0.4) is 0 Å². The number of hydrazine groups is 1. The molecule has 0 aliphatic heterocycles. The number of rotatable bonds is 2. The van der Waals surface area contributed by atoms with Crippen LogP contribution in [-0.4, -0.2) is 9.97 Å². The van der Waals surface area contributed by atoms with Crippen molar-refractivity contribution in [1.29, 1.82) is 0 Å². The summed E-state index contributed by atoms with van der Waals surface area (Å²) < 4.78 is 0. The van der Waals surface area contributed by atoms with Crippen LogP contribution in [0.2, 0.25) is 0 Å². The Kier molecular flexibility index (Phi) is 2.43. The van der Waals surface area contributed by atoms with Crippen molar-refractivity contribution in [3.05, 3.63) is 30.2 Å². The molecule has 0 aliphatic rings. The Hall–Kier alpha value is -1.46. The molecule has 0 aromatic carbocycles. The Morgan fingerprint density at radius 3 is 2.93 bits per heavy atom. The Bertz CT molecular complexity index is 424. The van der Waals surface area contributed by atoms with Crippen molar-refractivity contribution < 1.29 is 0 Å². The molecule has 2 aromatic rings. The van der Waals surface area contributed by atoms with Gasteiger partial charge >= 0.3 is 0 Å². The average molecular weight is 206 g/mol. The average Bonchev–Trinajstić information content (AvgIpc) is 2.61. The van der Waals surface area contributed by atoms with Gasteiger partial charge in [0.25, 0.3) is 0 Å². The fourth-order valence-corrected chi connectivity index (χ4v) is 2.09. The molecule has 14 heavy (non-hydrogen) atoms. The summed E-state index contributed by atoms with van der Waals surface area (Å²) in [5, 5.41) is 0.723. The van der Waals surface area contributed by atoms with Gasteiger partial charge in [-0.2, -0.15) is 0 Å². The van der Waals surface area contributed by atoms with Crippen LogP contribution in [0.25, 0.3) is 10.4 Å². The smallest absolute Gasteiger partial charge is 0.197 e. The van der Waals surface area contributed by atoms with Gasteiger partial charge in [0.1, 0.15) is 0 Å². The second-order valence-corrected chi connectivity index (χ2v) is 3.82. The molecule has 0 saturated carbocycles. The topological polar surface area (TPSA) is 63.8 Å². The van der Waals surface area contributed by atoms with E-state index in [0.717, 1.165) is 21.3 Å². The van der Waals surface area contributed by atoms with Crippen LogP contribution in [0.1, 0.15) is 5.69 Å². The van der Waals surface area contributed by atoms with Gasteiger partial charge < -0.3 is 0 Å². The molecule has 0 atom stereocenters. The normalized spacial score (nSPS) is 10.1. The third-order valence-electron chi connectivity index (χ3n) is 1.84. The van der Waals surface area contributed by atoms with Crippen LogP contribution in [0, 0.1) is 6.92 Å². The Morgan fingerprint density at radius 2 is 2.36 bits per heavy atom. The van der Waals surface area contributed by atoms with Crippen molar-refractivity contribution in [3.63, 3.8) is 0 Å². The lowest BCUT2D eigenvalue weighted by Gasteiger charge is -1.95. The van der Waals surface area contributed by atoms with Crippen LogP contribution in [0.15, 0.2) is 24.5 Å². The van der Waals surface area contributed by atoms with Gasteiger partial charge in [0.05, 0.1) is 10.6 Å². The first-order valence-electron chi connectivity index (χ1n) is 4.15. The summed E-state index contributed by atoms with van der Waals surface area (Å²) in [6, 6.07) is 3.91. The summed E-state index contributed by atoms with van der Waals surface area (Å²) >= 11 is 1.53. The van der Waals surface area contributed by atoms with E-state index >= 15 is 0 Å². The lowest BCUT2D eigenvalue weighted by Crippen LogP contribution is -2.05. The number of anilines is 1. The van der Waals surface area contributed by atoms with E-state index < -0.39 is 0 Å². The van der Waals surface area contributed by atoms with Crippen molar-refractivity contribution in [3.8, 4) is 10.4 Å². The lowest BCUT2D eigenvalue weighted by atomic mass is 10.2. The Labute approximate surface area is 85.8 Å². The van der Waals surface area contributed by atoms with Crippen LogP contribution in [-0.2, 0) is 0 Å². The highest BCUT2D eigenvalue weighted by Crippen LogP contribution is 2.31. The lowest BCUT2D eigenvalue weighted by molar-refractivity contribution is 1.22. The van der Waals surface area contributed by atoms with E-state index in [0.29, 0.717) is 0 Å². The Morgan fingerprint density at radius 1 is 1.50 bits per heavy atom. The summed E-state index contributed by atoms with van der Waals surface area (Å²) in [6.45, 7) is 1.96. The number of thiazole rings is 1. The molecule has 72 valence electrons. The van der Waals surface area contributed by atoms with E-state index in [4.69, 9.17) is 5.84 Å². The van der Waals surface area contributed by atoms with E-state index in [2.05, 4.69) is 15.4 Å². The summed E-state index contributed by atoms with van der Waals surface area (Å²) in [5.41, 5.74) is 4.59. The number of pyridine rings is 1. The molecular formula is C9H10N4S. The third-order valence-corrected chi connectivity index (χ3v) is 2.98. The van der Waals surface area contributed by atoms with Crippen molar-refractivity contribution in [1.82, 2.24) is 9.97 Å². The van der Waals surface area contributed by atoms with Gasteiger partial charge in [0.15, 0.2) is 5.13 Å². The monoisotopic (exact) mass is 206 g/mol. The standard InChI is InChI=1S/C9H10N4S/c1-6-8(14-9(12-6)13-10)7-3-2-4-11-5-7/h2-5H,10H2,1H3,(H,12,13). The van der Waals surface area contributed by atoms with Crippen LogP contribution >= 0.6 is 11.3 Å². The zero-order valence-corrected chi connectivity index (χ0v) is 8.51. The van der Waals surface area contributed by atoms with Crippen molar-refractivity contribution in [2.45, 2.75) is 6.92 Å². The van der Waals surface area contributed by atoms with Crippen LogP contribution in [0.4, 0.5) is 5.13 Å². The zero-order valence-electron chi connectivity index (χ0n) is 7.69. The third kappa shape index (κ3) is 1.59. The largest absolute Gasteiger partial charge is 0.300 e. The molecular weight excluding hydrogens is 196 g/mol. The number of hydrogen-bond donors (Lipinski definition) is 2. The number of nitrogens with zero attached hydrogens (tertiary/aromatic N) is 2. The number of nitrogens with one attached hydrogen (secondary N) is 1. The minimum absolute atomic E-state index is 0.723. The van der Waals surface area contributed by atoms with E-state index in [9.17, 15) is 0 Å². The first-order chi connectivity index (χ1) is 6.81. The molecule has 5 heteroatoms. The van der Waals surface area contributed by atoms with Gasteiger partial charge in [0, 0.05) is 18.0 Å². The number of hydrogen-bond acceptors (Lipinski definition) is 5. The first-order valence-corrected chi connectivity index (χ1v) is 4.97. The highest BCUT2D eigenvalue weighted by molar-refractivity contribution is 7.19. The molecule has 0 aliphatic carbocycles. The van der Waals surface area contributed by atoms with Gasteiger partial charge in [-0.05, 0) is 13.0 Å². The fraction of sp³-hybridized carbons (Fsp3) is 0.111. The van der Waals surface area contributed by atoms with Gasteiger partial charge in [-0.25, -0.2) is 10.8 Å². The molecule has 0 unspecified atom stereocenters. The van der Waals surface area contributed by atoms with Gasteiger partial charge in [0.2, 0.25) is 0 Å². The van der Waals surface area contributed by atoms with Crippen molar-refractivity contribution in [2.75, 3.05) is 5.43 Å². The number of aromatic nitrogens is 2. The maximum atomic E-state index is 5.29. The summed E-state index contributed by atoms with van der Waals surface area (Å²) in [7, 11) is 0. The molecule has 0 fully saturated rings. The van der Waals surface area contributed by atoms with E-state index in [1.54, 1.807) is 6.20 Å². The molecule has 3 N–H and O–H groups in total. The van der Waals surface area contributed by atoms with Gasteiger partial charge in [-0.1, -0.05) is 17.4 Å². The highest BCUT2D eigenvalue weighted by Gasteiger charge is 2.08. The Balaban J connectivity index is 2.46. The highest BCUT2D eigenvalue weighted by atomic mass is 32.1. The minimum Gasteiger partial charge on any atom is -0.300 e. The van der Waals surface area contributed by atoms with Crippen molar-refractivity contribution >= 4 is 16.5 Å². The predicted octanol–water partition coefficient (Wildman–Crippen LogP) is 1.80. The summed E-state index contributed by atoms with van der Waals surface area (Å²) in [4.78, 5) is 9.43. The van der Waals surface area contributed by atoms with E-state index in [1.165, 1.54) is 11.3 Å². The SMILES string of the molecule is Cc1nc(NN)sc1-c1cccnc1. The molecule has 0 amide bonds. The van der Waals surface area contributed by atoms with E-state index in [-0.39, 0.29) is 0 Å². The first kappa shape index (κ1) is 9.11. The van der Waals surface area contributed by atoms with Crippen LogP contribution in [0.5, 0.6) is 0 Å². The molecule has 0 radical (unpaired) electrons. The molecule has 0 bridgehead atoms. The van der Waals surface area contributed by atoms with Gasteiger partial charge in [-0.15, -0.1) is 0 Å². The number of nitrogens with two attached hydrogens (primary N) is 1. The minimum atomic E-state index is 0.723. The van der Waals surface area contributed by atoms with E-state index in [1.807, 2.05) is 25.3 Å². The zero-order chi connectivity index (χ0) is 9.97.